The summed E-state index contributed by atoms with van der Waals surface area (Å²) >= 11 is 6.03. The first-order valence-corrected chi connectivity index (χ1v) is 9.21. The quantitative estimate of drug-likeness (QED) is 0.583. The lowest BCUT2D eigenvalue weighted by Crippen LogP contribution is -2.30. The van der Waals surface area contributed by atoms with E-state index in [0.29, 0.717) is 39.6 Å². The van der Waals surface area contributed by atoms with Crippen molar-refractivity contribution in [2.45, 2.75) is 25.6 Å². The number of amides is 1. The van der Waals surface area contributed by atoms with Crippen LogP contribution in [0, 0.1) is 0 Å². The number of carboxylic acids is 1. The zero-order valence-electron chi connectivity index (χ0n) is 15.8. The number of alkyl halides is 3. The van der Waals surface area contributed by atoms with Crippen molar-refractivity contribution in [1.82, 2.24) is 19.9 Å². The van der Waals surface area contributed by atoms with E-state index in [0.717, 1.165) is 0 Å². The predicted octanol–water partition coefficient (Wildman–Crippen LogP) is 3.26. The maximum absolute atomic E-state index is 13.1. The summed E-state index contributed by atoms with van der Waals surface area (Å²) in [5.41, 5.74) is 0.607. The van der Waals surface area contributed by atoms with Gasteiger partial charge in [0.05, 0.1) is 22.5 Å². The van der Waals surface area contributed by atoms with E-state index < -0.39 is 12.1 Å². The van der Waals surface area contributed by atoms with Gasteiger partial charge in [-0.25, -0.2) is 19.3 Å². The van der Waals surface area contributed by atoms with Crippen LogP contribution in [0.4, 0.5) is 13.2 Å². The predicted molar refractivity (Wildman–Crippen MR) is 104 cm³/mol. The first kappa shape index (κ1) is 22.2. The van der Waals surface area contributed by atoms with Crippen LogP contribution in [0.15, 0.2) is 41.3 Å². The average molecular weight is 455 g/mol. The highest BCUT2D eigenvalue weighted by Gasteiger charge is 2.38. The van der Waals surface area contributed by atoms with E-state index in [1.807, 2.05) is 6.92 Å². The Morgan fingerprint density at radius 2 is 1.97 bits per heavy atom. The van der Waals surface area contributed by atoms with Crippen molar-refractivity contribution in [3.8, 4) is 5.82 Å². The Hall–Kier alpha value is -3.47. The summed E-state index contributed by atoms with van der Waals surface area (Å²) < 4.78 is 33.2. The number of carbonyl (C=O) groups is 2. The molecule has 162 valence electrons. The molecule has 0 spiro atoms. The highest BCUT2D eigenvalue weighted by molar-refractivity contribution is 6.31. The molecule has 0 radical (unpaired) electrons. The second-order valence-electron chi connectivity index (χ2n) is 6.38. The molecule has 2 aromatic heterocycles. The fraction of sp³-hybridized carbons (Fsp3) is 0.211. The van der Waals surface area contributed by atoms with E-state index >= 15 is 0 Å². The lowest BCUT2D eigenvalue weighted by Gasteiger charge is -2.17. The Bertz CT molecular complexity index is 1240. The number of hydrogen-bond donors (Lipinski definition) is 2. The number of rotatable bonds is 1. The van der Waals surface area contributed by atoms with Gasteiger partial charge < -0.3 is 10.4 Å². The minimum Gasteiger partial charge on any atom is -0.475 e. The average Bonchev–Trinajstić information content (AvgIpc) is 2.83. The summed E-state index contributed by atoms with van der Waals surface area (Å²) in [5.74, 6) is -2.26. The summed E-state index contributed by atoms with van der Waals surface area (Å²) in [6.07, 6.45) is -2.93. The molecule has 12 heteroatoms. The van der Waals surface area contributed by atoms with Gasteiger partial charge in [-0.05, 0) is 36.8 Å². The van der Waals surface area contributed by atoms with E-state index in [9.17, 15) is 22.8 Å². The number of aromatic nitrogens is 3. The van der Waals surface area contributed by atoms with E-state index in [1.165, 1.54) is 4.57 Å². The molecule has 31 heavy (non-hydrogen) atoms. The summed E-state index contributed by atoms with van der Waals surface area (Å²) in [6, 6.07) is 7.92. The van der Waals surface area contributed by atoms with Crippen LogP contribution >= 0.6 is 11.6 Å². The highest BCUT2D eigenvalue weighted by Crippen LogP contribution is 2.25. The monoisotopic (exact) mass is 454 g/mol. The number of fused-ring (bicyclic) bond motifs is 4. The third-order valence-corrected chi connectivity index (χ3v) is 4.60. The highest BCUT2D eigenvalue weighted by atomic mass is 35.5. The molecule has 0 saturated heterocycles. The van der Waals surface area contributed by atoms with E-state index in [-0.39, 0.29) is 17.5 Å². The fourth-order valence-corrected chi connectivity index (χ4v) is 3.12. The molecule has 1 aromatic carbocycles. The molecule has 0 fully saturated rings. The number of carboxylic acid groups (broad SMARTS) is 1. The number of pyridine rings is 1. The molecule has 2 N–H and O–H groups in total. The number of carbonyl (C=O) groups excluding carboxylic acids is 1. The normalized spacial score (nSPS) is 15.1. The standard InChI is InChI=1S/C17H13ClN4O2.C2HF3O2/c1-2-12-15-20-13-6-5-9(18)8-11(13)17(24)22(15)14-10(16(23)21-12)4-3-7-19-14;3-2(4,5)1(6)7/h3-8,12H,2H2,1H3,(H,21,23);(H,6,7). The van der Waals surface area contributed by atoms with E-state index in [4.69, 9.17) is 21.5 Å². The SMILES string of the molecule is CCC1NC(=O)c2cccnc2-n2c1nc1ccc(Cl)cc1c2=O.O=C(O)C(F)(F)F. The van der Waals surface area contributed by atoms with Crippen molar-refractivity contribution in [3.63, 3.8) is 0 Å². The van der Waals surface area contributed by atoms with Crippen LogP contribution < -0.4 is 10.9 Å². The molecule has 1 aliphatic heterocycles. The molecule has 0 saturated carbocycles. The minimum absolute atomic E-state index is 0.267. The number of nitrogens with one attached hydrogen (secondary N) is 1. The van der Waals surface area contributed by atoms with Crippen LogP contribution in [0.2, 0.25) is 5.02 Å². The topological polar surface area (TPSA) is 114 Å². The van der Waals surface area contributed by atoms with Gasteiger partial charge in [-0.15, -0.1) is 0 Å². The number of halogens is 4. The Morgan fingerprint density at radius 3 is 2.58 bits per heavy atom. The molecule has 1 amide bonds. The van der Waals surface area contributed by atoms with Crippen molar-refractivity contribution < 1.29 is 27.9 Å². The molecule has 1 aliphatic rings. The van der Waals surface area contributed by atoms with Crippen LogP contribution in [-0.2, 0) is 4.79 Å². The maximum atomic E-state index is 13.1. The van der Waals surface area contributed by atoms with Gasteiger partial charge in [0.15, 0.2) is 5.82 Å². The largest absolute Gasteiger partial charge is 0.490 e. The molecule has 0 aliphatic carbocycles. The van der Waals surface area contributed by atoms with Gasteiger partial charge in [0.2, 0.25) is 0 Å². The van der Waals surface area contributed by atoms with Crippen LogP contribution in [0.1, 0.15) is 35.6 Å². The zero-order chi connectivity index (χ0) is 22.9. The summed E-state index contributed by atoms with van der Waals surface area (Å²) in [5, 5.41) is 10.9. The Morgan fingerprint density at radius 1 is 1.29 bits per heavy atom. The molecule has 8 nitrogen and oxygen atoms in total. The van der Waals surface area contributed by atoms with Gasteiger partial charge in [-0.3, -0.25) is 9.59 Å². The minimum atomic E-state index is -5.08. The molecule has 0 bridgehead atoms. The molecular formula is C19H14ClF3N4O4. The van der Waals surface area contributed by atoms with Crippen LogP contribution in [-0.4, -0.2) is 37.7 Å². The molecular weight excluding hydrogens is 441 g/mol. The Kier molecular flexibility index (Phi) is 5.98. The third-order valence-electron chi connectivity index (χ3n) is 4.37. The smallest absolute Gasteiger partial charge is 0.475 e. The molecule has 1 atom stereocenters. The summed E-state index contributed by atoms with van der Waals surface area (Å²) in [4.78, 5) is 43.3. The lowest BCUT2D eigenvalue weighted by molar-refractivity contribution is -0.192. The number of hydrogen-bond acceptors (Lipinski definition) is 5. The third kappa shape index (κ3) is 4.36. The van der Waals surface area contributed by atoms with Crippen molar-refractivity contribution in [3.05, 3.63) is 63.3 Å². The molecule has 4 rings (SSSR count). The van der Waals surface area contributed by atoms with Crippen LogP contribution in [0.5, 0.6) is 0 Å². The maximum Gasteiger partial charge on any atom is 0.490 e. The summed E-state index contributed by atoms with van der Waals surface area (Å²) in [6.45, 7) is 1.93. The van der Waals surface area contributed by atoms with Gasteiger partial charge in [0.1, 0.15) is 5.82 Å². The fourth-order valence-electron chi connectivity index (χ4n) is 2.95. The van der Waals surface area contributed by atoms with Crippen LogP contribution in [0.3, 0.4) is 0 Å². The molecule has 3 aromatic rings. The second-order valence-corrected chi connectivity index (χ2v) is 6.82. The Labute approximate surface area is 177 Å². The van der Waals surface area contributed by atoms with Gasteiger partial charge in [-0.1, -0.05) is 18.5 Å². The molecule has 1 unspecified atom stereocenters. The van der Waals surface area contributed by atoms with Gasteiger partial charge >= 0.3 is 12.1 Å². The lowest BCUT2D eigenvalue weighted by atomic mass is 10.2. The Balaban J connectivity index is 0.000000339. The number of benzene rings is 1. The molecule has 3 heterocycles. The second kappa shape index (κ2) is 8.34. The van der Waals surface area contributed by atoms with E-state index in [1.54, 1.807) is 36.5 Å². The van der Waals surface area contributed by atoms with Gasteiger partial charge in [0.25, 0.3) is 11.5 Å². The van der Waals surface area contributed by atoms with Crippen LogP contribution in [0.25, 0.3) is 16.7 Å². The van der Waals surface area contributed by atoms with Crippen molar-refractivity contribution >= 4 is 34.4 Å². The number of nitrogens with zero attached hydrogens (tertiary/aromatic N) is 3. The van der Waals surface area contributed by atoms with Gasteiger partial charge in [-0.2, -0.15) is 13.2 Å². The first-order valence-electron chi connectivity index (χ1n) is 8.83. The van der Waals surface area contributed by atoms with Crippen molar-refractivity contribution in [2.75, 3.05) is 0 Å². The van der Waals surface area contributed by atoms with Crippen molar-refractivity contribution in [1.29, 1.82) is 0 Å². The van der Waals surface area contributed by atoms with E-state index in [2.05, 4.69) is 15.3 Å². The van der Waals surface area contributed by atoms with Gasteiger partial charge in [0, 0.05) is 11.2 Å². The zero-order valence-corrected chi connectivity index (χ0v) is 16.5. The first-order chi connectivity index (χ1) is 14.5. The number of aliphatic carboxylic acids is 1. The van der Waals surface area contributed by atoms with Crippen molar-refractivity contribution in [2.24, 2.45) is 0 Å². The summed E-state index contributed by atoms with van der Waals surface area (Å²) in [7, 11) is 0.